The number of para-hydroxylation sites is 1. The maximum atomic E-state index is 7.66. The normalized spacial score (nSPS) is 13.8. The molecule has 0 unspecified atom stereocenters. The Balaban J connectivity index is 1.82. The lowest BCUT2D eigenvalue weighted by atomic mass is 10.0. The molecule has 0 N–H and O–H groups in total. The van der Waals surface area contributed by atoms with Crippen LogP contribution in [0.5, 0.6) is 0 Å². The van der Waals surface area contributed by atoms with Crippen molar-refractivity contribution in [3.8, 4) is 11.3 Å². The van der Waals surface area contributed by atoms with Crippen LogP contribution in [-0.4, -0.2) is 4.98 Å². The second-order valence-electron chi connectivity index (χ2n) is 6.68. The number of pyridine rings is 2. The SMILES string of the molecule is [2H]C([2H])([2H])c1ccc(-c2c(C)ccc3c2oc2nc4ccccc4cc23)[n+](C)c1. The van der Waals surface area contributed by atoms with Crippen molar-refractivity contribution in [1.29, 1.82) is 0 Å². The standard InChI is InChI=1S/C23H19N2O/c1-14-8-11-20(25(3)13-14)21-15(2)9-10-17-18-12-16-6-4-5-7-19(16)24-23(18)26-22(17)21/h4-13H,1-3H3/q+1/i1D3. The van der Waals surface area contributed by atoms with Gasteiger partial charge in [0, 0.05) is 31.9 Å². The van der Waals surface area contributed by atoms with Crippen molar-refractivity contribution >= 4 is 33.0 Å². The average molecular weight is 342 g/mol. The minimum absolute atomic E-state index is 0.311. The lowest BCUT2D eigenvalue weighted by Crippen LogP contribution is -2.31. The van der Waals surface area contributed by atoms with Gasteiger partial charge in [-0.2, -0.15) is 0 Å². The second-order valence-corrected chi connectivity index (χ2v) is 6.68. The van der Waals surface area contributed by atoms with Gasteiger partial charge in [-0.05, 0) is 37.5 Å². The zero-order valence-electron chi connectivity index (χ0n) is 17.6. The van der Waals surface area contributed by atoms with E-state index in [1.807, 2.05) is 48.9 Å². The van der Waals surface area contributed by atoms with E-state index in [4.69, 9.17) is 13.5 Å². The molecule has 0 aliphatic rings. The van der Waals surface area contributed by atoms with Crippen molar-refractivity contribution in [2.75, 3.05) is 0 Å². The molecule has 0 bridgehead atoms. The Kier molecular flexibility index (Phi) is 2.53. The van der Waals surface area contributed by atoms with E-state index in [0.717, 1.165) is 44.1 Å². The van der Waals surface area contributed by atoms with Gasteiger partial charge in [0.25, 0.3) is 0 Å². The van der Waals surface area contributed by atoms with E-state index < -0.39 is 6.85 Å². The molecule has 0 aliphatic carbocycles. The lowest BCUT2D eigenvalue weighted by molar-refractivity contribution is -0.660. The number of benzene rings is 2. The topological polar surface area (TPSA) is 29.9 Å². The first-order valence-corrected chi connectivity index (χ1v) is 8.55. The molecule has 0 saturated carbocycles. The van der Waals surface area contributed by atoms with Crippen molar-refractivity contribution in [3.05, 3.63) is 71.9 Å². The number of hydrogen-bond donors (Lipinski definition) is 0. The van der Waals surface area contributed by atoms with Gasteiger partial charge in [0.1, 0.15) is 7.05 Å². The summed E-state index contributed by atoms with van der Waals surface area (Å²) < 4.78 is 31.1. The van der Waals surface area contributed by atoms with Crippen LogP contribution < -0.4 is 4.57 Å². The van der Waals surface area contributed by atoms with Gasteiger partial charge in [-0.3, -0.25) is 0 Å². The van der Waals surface area contributed by atoms with Gasteiger partial charge >= 0.3 is 0 Å². The fourth-order valence-electron chi connectivity index (χ4n) is 3.65. The van der Waals surface area contributed by atoms with E-state index in [0.29, 0.717) is 11.3 Å². The van der Waals surface area contributed by atoms with E-state index in [-0.39, 0.29) is 0 Å². The summed E-state index contributed by atoms with van der Waals surface area (Å²) >= 11 is 0. The molecule has 5 rings (SSSR count). The Morgan fingerprint density at radius 2 is 1.92 bits per heavy atom. The molecule has 3 aromatic heterocycles. The number of furan rings is 1. The van der Waals surface area contributed by atoms with Crippen molar-refractivity contribution in [1.82, 2.24) is 4.98 Å². The van der Waals surface area contributed by atoms with Gasteiger partial charge in [-0.1, -0.05) is 30.3 Å². The van der Waals surface area contributed by atoms with Crippen LogP contribution in [0.2, 0.25) is 0 Å². The van der Waals surface area contributed by atoms with Crippen molar-refractivity contribution in [2.24, 2.45) is 7.05 Å². The highest BCUT2D eigenvalue weighted by Gasteiger charge is 2.21. The molecule has 26 heavy (non-hydrogen) atoms. The molecule has 3 heteroatoms. The molecule has 2 aromatic carbocycles. The molecular formula is C23H19N2O+. The molecule has 0 radical (unpaired) electrons. The van der Waals surface area contributed by atoms with E-state index >= 15 is 0 Å². The molecule has 0 amide bonds. The third-order valence-corrected chi connectivity index (χ3v) is 4.93. The maximum absolute atomic E-state index is 7.66. The summed E-state index contributed by atoms with van der Waals surface area (Å²) in [5.74, 6) is 0. The zero-order chi connectivity index (χ0) is 20.3. The van der Waals surface area contributed by atoms with Crippen LogP contribution >= 0.6 is 0 Å². The van der Waals surface area contributed by atoms with Gasteiger partial charge < -0.3 is 4.42 Å². The van der Waals surface area contributed by atoms with Crippen LogP contribution in [-0.2, 0) is 7.05 Å². The number of nitrogens with zero attached hydrogens (tertiary/aromatic N) is 2. The fourth-order valence-corrected chi connectivity index (χ4v) is 3.65. The molecule has 0 fully saturated rings. The van der Waals surface area contributed by atoms with Crippen LogP contribution in [0, 0.1) is 13.8 Å². The number of aryl methyl sites for hydroxylation is 3. The molecule has 126 valence electrons. The Labute approximate surface area is 155 Å². The van der Waals surface area contributed by atoms with E-state index in [1.165, 1.54) is 0 Å². The van der Waals surface area contributed by atoms with Gasteiger partial charge in [-0.25, -0.2) is 9.55 Å². The summed E-state index contributed by atoms with van der Waals surface area (Å²) in [5, 5.41) is 3.04. The van der Waals surface area contributed by atoms with Gasteiger partial charge in [0.15, 0.2) is 11.8 Å². The summed E-state index contributed by atoms with van der Waals surface area (Å²) in [6, 6.07) is 17.7. The number of fused-ring (bicyclic) bond motifs is 4. The molecule has 0 spiro atoms. The Bertz CT molecular complexity index is 1420. The fraction of sp³-hybridized carbons (Fsp3) is 0.130. The predicted octanol–water partition coefficient (Wildman–Crippen LogP) is 5.24. The van der Waals surface area contributed by atoms with Crippen LogP contribution in [0.25, 0.3) is 44.2 Å². The molecule has 3 nitrogen and oxygen atoms in total. The Morgan fingerprint density at radius 1 is 1.04 bits per heavy atom. The van der Waals surface area contributed by atoms with Crippen LogP contribution in [0.3, 0.4) is 0 Å². The largest absolute Gasteiger partial charge is 0.437 e. The Morgan fingerprint density at radius 3 is 2.77 bits per heavy atom. The highest BCUT2D eigenvalue weighted by molar-refractivity contribution is 6.11. The van der Waals surface area contributed by atoms with Crippen molar-refractivity contribution in [3.63, 3.8) is 0 Å². The number of rotatable bonds is 1. The van der Waals surface area contributed by atoms with Gasteiger partial charge in [0.05, 0.1) is 11.1 Å². The maximum Gasteiger partial charge on any atom is 0.227 e. The molecule has 3 heterocycles. The summed E-state index contributed by atoms with van der Waals surface area (Å²) in [5.41, 5.74) is 5.47. The first-order chi connectivity index (χ1) is 13.8. The quantitative estimate of drug-likeness (QED) is 0.390. The summed E-state index contributed by atoms with van der Waals surface area (Å²) in [4.78, 5) is 4.70. The summed E-state index contributed by atoms with van der Waals surface area (Å²) in [6.45, 7) is -0.107. The first kappa shape index (κ1) is 12.2. The van der Waals surface area contributed by atoms with E-state index in [9.17, 15) is 0 Å². The highest BCUT2D eigenvalue weighted by Crippen LogP contribution is 2.37. The third kappa shape index (κ3) is 2.14. The first-order valence-electron chi connectivity index (χ1n) is 10.0. The minimum atomic E-state index is -2.14. The third-order valence-electron chi connectivity index (χ3n) is 4.93. The summed E-state index contributed by atoms with van der Waals surface area (Å²) in [6.07, 6.45) is 1.66. The van der Waals surface area contributed by atoms with Crippen molar-refractivity contribution < 1.29 is 13.1 Å². The molecule has 5 aromatic rings. The second kappa shape index (κ2) is 5.40. The Hall–Kier alpha value is -3.20. The minimum Gasteiger partial charge on any atom is -0.437 e. The lowest BCUT2D eigenvalue weighted by Gasteiger charge is -2.05. The van der Waals surface area contributed by atoms with Gasteiger partial charge in [0.2, 0.25) is 11.4 Å². The van der Waals surface area contributed by atoms with Gasteiger partial charge in [-0.15, -0.1) is 0 Å². The smallest absolute Gasteiger partial charge is 0.227 e. The zero-order valence-corrected chi connectivity index (χ0v) is 14.6. The number of aromatic nitrogens is 2. The van der Waals surface area contributed by atoms with E-state index in [2.05, 4.69) is 18.2 Å². The molecular weight excluding hydrogens is 320 g/mol. The van der Waals surface area contributed by atoms with Crippen molar-refractivity contribution in [2.45, 2.75) is 13.8 Å². The summed E-state index contributed by atoms with van der Waals surface area (Å²) in [7, 11) is 1.86. The van der Waals surface area contributed by atoms with Crippen LogP contribution in [0.15, 0.2) is 65.2 Å². The molecule has 0 aliphatic heterocycles. The number of hydrogen-bond acceptors (Lipinski definition) is 2. The van der Waals surface area contributed by atoms with E-state index in [1.54, 1.807) is 12.3 Å². The predicted molar refractivity (Wildman–Crippen MR) is 105 cm³/mol. The van der Waals surface area contributed by atoms with Crippen LogP contribution in [0.1, 0.15) is 15.2 Å². The van der Waals surface area contributed by atoms with Crippen LogP contribution in [0.4, 0.5) is 0 Å². The highest BCUT2D eigenvalue weighted by atomic mass is 16.3. The monoisotopic (exact) mass is 342 g/mol. The molecule has 0 atom stereocenters. The average Bonchev–Trinajstić information content (AvgIpc) is 3.03. The molecule has 0 saturated heterocycles.